The third-order valence-electron chi connectivity index (χ3n) is 2.08. The van der Waals surface area contributed by atoms with Gasteiger partial charge >= 0.3 is 5.97 Å². The number of amides is 1. The smallest absolute Gasteiger partial charge is 0.349 e. The summed E-state index contributed by atoms with van der Waals surface area (Å²) in [6, 6.07) is 1.63. The number of aryl methyl sites for hydroxylation is 1. The molecule has 1 amide bonds. The lowest BCUT2D eigenvalue weighted by atomic mass is 10.2. The number of hydrogen-bond acceptors (Lipinski definition) is 4. The van der Waals surface area contributed by atoms with Crippen molar-refractivity contribution in [1.29, 1.82) is 0 Å². The second kappa shape index (κ2) is 6.39. The molecular weight excluding hydrogens is 254 g/mol. The Morgan fingerprint density at radius 3 is 2.72 bits per heavy atom. The highest BCUT2D eigenvalue weighted by Gasteiger charge is 2.16. The van der Waals surface area contributed by atoms with E-state index in [1.54, 1.807) is 13.0 Å². The molecule has 1 rings (SSSR count). The van der Waals surface area contributed by atoms with Gasteiger partial charge in [-0.3, -0.25) is 4.79 Å². The van der Waals surface area contributed by atoms with Crippen molar-refractivity contribution >= 4 is 23.2 Å². The maximum absolute atomic E-state index is 11.4. The van der Waals surface area contributed by atoms with Gasteiger partial charge in [-0.1, -0.05) is 13.8 Å². The third kappa shape index (κ3) is 4.37. The summed E-state index contributed by atoms with van der Waals surface area (Å²) in [6.07, 6.45) is 0. The Morgan fingerprint density at radius 2 is 2.17 bits per heavy atom. The van der Waals surface area contributed by atoms with Crippen LogP contribution in [0.25, 0.3) is 0 Å². The first-order valence-corrected chi connectivity index (χ1v) is 6.45. The normalized spacial score (nSPS) is 10.4. The summed E-state index contributed by atoms with van der Waals surface area (Å²) in [5.41, 5.74) is 0. The van der Waals surface area contributed by atoms with Gasteiger partial charge in [0.15, 0.2) is 11.5 Å². The van der Waals surface area contributed by atoms with E-state index in [1.807, 2.05) is 13.8 Å². The summed E-state index contributed by atoms with van der Waals surface area (Å²) in [7, 11) is 0. The van der Waals surface area contributed by atoms with Gasteiger partial charge in [-0.05, 0) is 18.9 Å². The predicted octanol–water partition coefficient (Wildman–Crippen LogP) is 1.91. The van der Waals surface area contributed by atoms with Gasteiger partial charge in [0.25, 0.3) is 5.91 Å². The van der Waals surface area contributed by atoms with E-state index in [1.165, 1.54) is 0 Å². The van der Waals surface area contributed by atoms with Crippen LogP contribution >= 0.6 is 11.3 Å². The van der Waals surface area contributed by atoms with E-state index in [-0.39, 0.29) is 23.1 Å². The number of aromatic carboxylic acids is 1. The molecule has 0 atom stereocenters. The summed E-state index contributed by atoms with van der Waals surface area (Å²) in [6.45, 7) is 6.19. The number of nitrogens with one attached hydrogen (secondary N) is 1. The van der Waals surface area contributed by atoms with Crippen molar-refractivity contribution in [3.05, 3.63) is 15.8 Å². The number of thiophene rings is 1. The van der Waals surface area contributed by atoms with Crippen LogP contribution in [0.5, 0.6) is 5.75 Å². The molecule has 0 unspecified atom stereocenters. The summed E-state index contributed by atoms with van der Waals surface area (Å²) in [4.78, 5) is 23.3. The first-order chi connectivity index (χ1) is 8.40. The fourth-order valence-electron chi connectivity index (χ4n) is 1.26. The van der Waals surface area contributed by atoms with Gasteiger partial charge < -0.3 is 15.2 Å². The topological polar surface area (TPSA) is 75.6 Å². The van der Waals surface area contributed by atoms with Gasteiger partial charge in [0.05, 0.1) is 0 Å². The van der Waals surface area contributed by atoms with Crippen LogP contribution in [0.4, 0.5) is 0 Å². The second-order valence-corrected chi connectivity index (χ2v) is 5.60. The van der Waals surface area contributed by atoms with Gasteiger partial charge in [-0.25, -0.2) is 4.79 Å². The van der Waals surface area contributed by atoms with Crippen molar-refractivity contribution < 1.29 is 19.4 Å². The molecule has 1 heterocycles. The van der Waals surface area contributed by atoms with Crippen molar-refractivity contribution in [3.8, 4) is 5.75 Å². The molecule has 0 aliphatic heterocycles. The Morgan fingerprint density at radius 1 is 1.50 bits per heavy atom. The number of carbonyl (C=O) groups excluding carboxylic acids is 1. The molecule has 5 nitrogen and oxygen atoms in total. The lowest BCUT2D eigenvalue weighted by Gasteiger charge is -2.08. The molecule has 0 fully saturated rings. The molecule has 0 saturated heterocycles. The highest BCUT2D eigenvalue weighted by Crippen LogP contribution is 2.28. The van der Waals surface area contributed by atoms with Gasteiger partial charge in [0.2, 0.25) is 0 Å². The van der Waals surface area contributed by atoms with Crippen molar-refractivity contribution in [2.24, 2.45) is 5.92 Å². The fourth-order valence-corrected chi connectivity index (χ4v) is 2.05. The number of hydrogen-bond donors (Lipinski definition) is 2. The first-order valence-electron chi connectivity index (χ1n) is 5.63. The Balaban J connectivity index is 2.53. The molecule has 0 saturated carbocycles. The average Bonchev–Trinajstić information content (AvgIpc) is 2.65. The zero-order chi connectivity index (χ0) is 13.7. The number of carboxylic acids is 1. The first kappa shape index (κ1) is 14.5. The molecular formula is C12H17NO4S. The van der Waals surface area contributed by atoms with E-state index in [0.717, 1.165) is 16.2 Å². The van der Waals surface area contributed by atoms with Gasteiger partial charge in [0.1, 0.15) is 5.75 Å². The van der Waals surface area contributed by atoms with Crippen LogP contribution in [0, 0.1) is 12.8 Å². The zero-order valence-corrected chi connectivity index (χ0v) is 11.5. The SMILES string of the molecule is Cc1cc(OCC(=O)NCC(C)C)c(C(=O)O)s1. The van der Waals surface area contributed by atoms with Gasteiger partial charge in [0, 0.05) is 11.4 Å². The Bertz CT molecular complexity index is 439. The lowest BCUT2D eigenvalue weighted by molar-refractivity contribution is -0.123. The molecule has 0 spiro atoms. The van der Waals surface area contributed by atoms with Crippen LogP contribution < -0.4 is 10.1 Å². The number of ether oxygens (including phenoxy) is 1. The standard InChI is InChI=1S/C12H17NO4S/c1-7(2)5-13-10(14)6-17-9-4-8(3)18-11(9)12(15)16/h4,7H,5-6H2,1-3H3,(H,13,14)(H,15,16). The number of rotatable bonds is 6. The van der Waals surface area contributed by atoms with Crippen LogP contribution in [-0.4, -0.2) is 30.1 Å². The van der Waals surface area contributed by atoms with E-state index in [9.17, 15) is 9.59 Å². The van der Waals surface area contributed by atoms with Gasteiger partial charge in [-0.2, -0.15) is 0 Å². The molecule has 2 N–H and O–H groups in total. The van der Waals surface area contributed by atoms with E-state index in [0.29, 0.717) is 12.5 Å². The summed E-state index contributed by atoms with van der Waals surface area (Å²) >= 11 is 1.14. The Hall–Kier alpha value is -1.56. The zero-order valence-electron chi connectivity index (χ0n) is 10.6. The fraction of sp³-hybridized carbons (Fsp3) is 0.500. The molecule has 0 aliphatic rings. The molecule has 0 aliphatic carbocycles. The molecule has 1 aromatic rings. The number of carbonyl (C=O) groups is 2. The maximum Gasteiger partial charge on any atom is 0.349 e. The number of carboxylic acid groups (broad SMARTS) is 1. The molecule has 18 heavy (non-hydrogen) atoms. The van der Waals surface area contributed by atoms with E-state index < -0.39 is 5.97 Å². The minimum absolute atomic E-state index is 0.129. The second-order valence-electron chi connectivity index (χ2n) is 4.34. The molecule has 100 valence electrons. The molecule has 0 bridgehead atoms. The van der Waals surface area contributed by atoms with Crippen molar-refractivity contribution in [2.45, 2.75) is 20.8 Å². The van der Waals surface area contributed by atoms with Crippen LogP contribution in [0.1, 0.15) is 28.4 Å². The monoisotopic (exact) mass is 271 g/mol. The van der Waals surface area contributed by atoms with Crippen LogP contribution in [-0.2, 0) is 4.79 Å². The maximum atomic E-state index is 11.4. The van der Waals surface area contributed by atoms with Crippen LogP contribution in [0.2, 0.25) is 0 Å². The molecule has 0 aromatic carbocycles. The third-order valence-corrected chi connectivity index (χ3v) is 3.10. The summed E-state index contributed by atoms with van der Waals surface area (Å²) < 4.78 is 5.23. The Labute approximate surface area is 110 Å². The predicted molar refractivity (Wildman–Crippen MR) is 69.4 cm³/mol. The average molecular weight is 271 g/mol. The molecule has 1 aromatic heterocycles. The largest absolute Gasteiger partial charge is 0.482 e. The van der Waals surface area contributed by atoms with E-state index in [2.05, 4.69) is 5.32 Å². The summed E-state index contributed by atoms with van der Waals surface area (Å²) in [5, 5.41) is 11.7. The lowest BCUT2D eigenvalue weighted by Crippen LogP contribution is -2.31. The van der Waals surface area contributed by atoms with Crippen LogP contribution in [0.3, 0.4) is 0 Å². The Kier molecular flexibility index (Phi) is 5.15. The van der Waals surface area contributed by atoms with Crippen LogP contribution in [0.15, 0.2) is 6.07 Å². The highest BCUT2D eigenvalue weighted by molar-refractivity contribution is 7.14. The molecule has 6 heteroatoms. The minimum atomic E-state index is -1.04. The van der Waals surface area contributed by atoms with Crippen molar-refractivity contribution in [1.82, 2.24) is 5.32 Å². The van der Waals surface area contributed by atoms with Gasteiger partial charge in [-0.15, -0.1) is 11.3 Å². The summed E-state index contributed by atoms with van der Waals surface area (Å²) in [5.74, 6) is -0.661. The van der Waals surface area contributed by atoms with E-state index >= 15 is 0 Å². The highest BCUT2D eigenvalue weighted by atomic mass is 32.1. The quantitative estimate of drug-likeness (QED) is 0.828. The van der Waals surface area contributed by atoms with Crippen molar-refractivity contribution in [2.75, 3.05) is 13.2 Å². The molecule has 0 radical (unpaired) electrons. The van der Waals surface area contributed by atoms with E-state index in [4.69, 9.17) is 9.84 Å². The minimum Gasteiger partial charge on any atom is -0.482 e. The van der Waals surface area contributed by atoms with Crippen molar-refractivity contribution in [3.63, 3.8) is 0 Å².